The van der Waals surface area contributed by atoms with Gasteiger partial charge in [-0.25, -0.2) is 4.79 Å². The summed E-state index contributed by atoms with van der Waals surface area (Å²) in [4.78, 5) is 42.0. The molecule has 0 rings (SSSR count). The maximum absolute atomic E-state index is 10.7. The molecular formula is C7H8CoO5. The predicted molar refractivity (Wildman–Crippen MR) is 37.5 cm³/mol. The molecule has 13 heavy (non-hydrogen) atoms. The van der Waals surface area contributed by atoms with E-state index in [1.807, 2.05) is 0 Å². The second kappa shape index (κ2) is 5.60. The Morgan fingerprint density at radius 2 is 1.31 bits per heavy atom. The average molecular weight is 231 g/mol. The molecule has 5 nitrogen and oxygen atoms in total. The van der Waals surface area contributed by atoms with Gasteiger partial charge in [-0.05, 0) is 13.8 Å². The summed E-state index contributed by atoms with van der Waals surface area (Å²) in [5.74, 6) is -6.24. The van der Waals surface area contributed by atoms with Crippen molar-refractivity contribution in [3.05, 3.63) is 0 Å². The fraction of sp³-hybridized carbons (Fsp3) is 0.429. The summed E-state index contributed by atoms with van der Waals surface area (Å²) >= 11 is 0. The molecule has 0 aliphatic rings. The third-order valence-corrected chi connectivity index (χ3v) is 1.29. The van der Waals surface area contributed by atoms with E-state index in [2.05, 4.69) is 0 Å². The van der Waals surface area contributed by atoms with Gasteiger partial charge in [0.1, 0.15) is 17.5 Å². The summed E-state index contributed by atoms with van der Waals surface area (Å²) in [7, 11) is 0. The van der Waals surface area contributed by atoms with Gasteiger partial charge in [0.2, 0.25) is 0 Å². The Morgan fingerprint density at radius 1 is 1.00 bits per heavy atom. The van der Waals surface area contributed by atoms with Crippen LogP contribution in [0.4, 0.5) is 0 Å². The van der Waals surface area contributed by atoms with E-state index in [-0.39, 0.29) is 16.8 Å². The fourth-order valence-corrected chi connectivity index (χ4v) is 0.779. The van der Waals surface area contributed by atoms with Gasteiger partial charge >= 0.3 is 5.97 Å². The van der Waals surface area contributed by atoms with Gasteiger partial charge in [-0.1, -0.05) is 0 Å². The standard InChI is InChI=1S/C7H8O5.Co/c1-3(8)5(4(2)9)6(10)7(11)12;/h5H,1-2H3,(H,11,12);. The normalized spacial score (nSPS) is 8.85. The summed E-state index contributed by atoms with van der Waals surface area (Å²) in [6.45, 7) is 2.01. The van der Waals surface area contributed by atoms with E-state index in [9.17, 15) is 19.2 Å². The average Bonchev–Trinajstić information content (AvgIpc) is 1.85. The quantitative estimate of drug-likeness (QED) is 0.517. The second-order valence-electron chi connectivity index (χ2n) is 2.32. The first-order valence-corrected chi connectivity index (χ1v) is 3.16. The molecule has 0 fully saturated rings. The van der Waals surface area contributed by atoms with E-state index in [0.29, 0.717) is 0 Å². The van der Waals surface area contributed by atoms with Crippen LogP contribution in [0.1, 0.15) is 13.8 Å². The minimum Gasteiger partial charge on any atom is -0.475 e. The SMILES string of the molecule is CC(=O)C(C(C)=O)C(=O)C(=O)O.[Co]. The number of aliphatic carboxylic acids is 1. The molecule has 0 aromatic heterocycles. The molecule has 0 unspecified atom stereocenters. The zero-order valence-electron chi connectivity index (χ0n) is 6.99. The molecule has 0 aromatic rings. The van der Waals surface area contributed by atoms with Gasteiger partial charge in [0.05, 0.1) is 0 Å². The van der Waals surface area contributed by atoms with Crippen molar-refractivity contribution in [1.29, 1.82) is 0 Å². The van der Waals surface area contributed by atoms with Crippen LogP contribution >= 0.6 is 0 Å². The van der Waals surface area contributed by atoms with Crippen molar-refractivity contribution in [2.75, 3.05) is 0 Å². The van der Waals surface area contributed by atoms with Crippen molar-refractivity contribution < 1.29 is 41.1 Å². The third kappa shape index (κ3) is 3.95. The molecule has 6 heteroatoms. The van der Waals surface area contributed by atoms with Gasteiger partial charge in [0.25, 0.3) is 5.78 Å². The number of hydrogen-bond donors (Lipinski definition) is 1. The molecular weight excluding hydrogens is 223 g/mol. The maximum atomic E-state index is 10.7. The van der Waals surface area contributed by atoms with Crippen LogP contribution in [0.5, 0.6) is 0 Å². The van der Waals surface area contributed by atoms with Gasteiger partial charge in [-0.3, -0.25) is 14.4 Å². The molecule has 0 aromatic carbocycles. The third-order valence-electron chi connectivity index (χ3n) is 1.29. The summed E-state index contributed by atoms with van der Waals surface area (Å²) < 4.78 is 0. The monoisotopic (exact) mass is 231 g/mol. The molecule has 0 heterocycles. The topological polar surface area (TPSA) is 88.5 Å². The van der Waals surface area contributed by atoms with Crippen molar-refractivity contribution in [2.24, 2.45) is 5.92 Å². The largest absolute Gasteiger partial charge is 0.475 e. The molecule has 0 spiro atoms. The smallest absolute Gasteiger partial charge is 0.373 e. The zero-order valence-corrected chi connectivity index (χ0v) is 8.03. The van der Waals surface area contributed by atoms with Crippen LogP contribution in [0, 0.1) is 5.92 Å². The number of hydrogen-bond acceptors (Lipinski definition) is 4. The number of rotatable bonds is 4. The molecule has 1 N–H and O–H groups in total. The molecule has 0 aliphatic heterocycles. The number of carbonyl (C=O) groups is 4. The van der Waals surface area contributed by atoms with Crippen molar-refractivity contribution in [1.82, 2.24) is 0 Å². The van der Waals surface area contributed by atoms with E-state index >= 15 is 0 Å². The predicted octanol–water partition coefficient (Wildman–Crippen LogP) is -0.568. The number of Topliss-reactive ketones (excluding diaryl/α,β-unsaturated/α-hetero) is 3. The Balaban J connectivity index is 0. The van der Waals surface area contributed by atoms with Crippen molar-refractivity contribution >= 4 is 23.3 Å². The van der Waals surface area contributed by atoms with E-state index < -0.39 is 29.2 Å². The van der Waals surface area contributed by atoms with Gasteiger partial charge in [0.15, 0.2) is 0 Å². The number of carboxylic acids is 1. The van der Waals surface area contributed by atoms with Crippen LogP contribution in [0.15, 0.2) is 0 Å². The molecule has 75 valence electrons. The molecule has 0 bridgehead atoms. The summed E-state index contributed by atoms with van der Waals surface area (Å²) in [6, 6.07) is 0. The van der Waals surface area contributed by atoms with Crippen LogP contribution in [-0.2, 0) is 36.0 Å². The van der Waals surface area contributed by atoms with E-state index in [4.69, 9.17) is 5.11 Å². The van der Waals surface area contributed by atoms with Crippen LogP contribution in [0.3, 0.4) is 0 Å². The van der Waals surface area contributed by atoms with Crippen LogP contribution in [-0.4, -0.2) is 28.4 Å². The van der Waals surface area contributed by atoms with Gasteiger partial charge < -0.3 is 5.11 Å². The molecule has 0 saturated heterocycles. The van der Waals surface area contributed by atoms with Crippen LogP contribution < -0.4 is 0 Å². The van der Waals surface area contributed by atoms with Gasteiger partial charge in [-0.15, -0.1) is 0 Å². The summed E-state index contributed by atoms with van der Waals surface area (Å²) in [5.41, 5.74) is 0. The first kappa shape index (κ1) is 14.5. The first-order valence-electron chi connectivity index (χ1n) is 3.16. The van der Waals surface area contributed by atoms with Crippen LogP contribution in [0.25, 0.3) is 0 Å². The maximum Gasteiger partial charge on any atom is 0.373 e. The Labute approximate surface area is 84.7 Å². The van der Waals surface area contributed by atoms with Crippen molar-refractivity contribution in [2.45, 2.75) is 13.8 Å². The van der Waals surface area contributed by atoms with Crippen molar-refractivity contribution in [3.63, 3.8) is 0 Å². The Hall–Kier alpha value is -1.01. The van der Waals surface area contributed by atoms with Gasteiger partial charge in [-0.2, -0.15) is 0 Å². The number of carboxylic acid groups (broad SMARTS) is 1. The number of carbonyl (C=O) groups excluding carboxylic acids is 3. The molecule has 0 saturated carbocycles. The number of ketones is 3. The fourth-order valence-electron chi connectivity index (χ4n) is 0.779. The summed E-state index contributed by atoms with van der Waals surface area (Å²) in [5, 5.41) is 8.20. The van der Waals surface area contributed by atoms with E-state index in [1.54, 1.807) is 0 Å². The van der Waals surface area contributed by atoms with Crippen molar-refractivity contribution in [3.8, 4) is 0 Å². The van der Waals surface area contributed by atoms with E-state index in [0.717, 1.165) is 13.8 Å². The second-order valence-corrected chi connectivity index (χ2v) is 2.32. The first-order chi connectivity index (χ1) is 5.37. The van der Waals surface area contributed by atoms with E-state index in [1.165, 1.54) is 0 Å². The van der Waals surface area contributed by atoms with Crippen LogP contribution in [0.2, 0.25) is 0 Å². The Kier molecular flexibility index (Phi) is 6.25. The summed E-state index contributed by atoms with van der Waals surface area (Å²) in [6.07, 6.45) is 0. The Morgan fingerprint density at radius 3 is 1.38 bits per heavy atom. The minimum absolute atomic E-state index is 0. The minimum atomic E-state index is -1.76. The van der Waals surface area contributed by atoms with Gasteiger partial charge in [0, 0.05) is 16.8 Å². The molecule has 0 aliphatic carbocycles. The molecule has 0 amide bonds. The zero-order chi connectivity index (χ0) is 9.89. The molecule has 1 radical (unpaired) electrons. The Bertz CT molecular complexity index is 244. The molecule has 0 atom stereocenters.